The van der Waals surface area contributed by atoms with E-state index in [1.54, 1.807) is 7.11 Å². The standard InChI is InChI=1S/C19H19N3O/c1-3-7-15-10-11-19(23-2)17(12-15)18-14-22(21-20-18)13-16-8-5-4-6-9-16/h3-6,8-12,14H,1,7,13H2,2H3. The molecule has 0 atom stereocenters. The molecule has 0 spiro atoms. The number of hydrogen-bond donors (Lipinski definition) is 0. The van der Waals surface area contributed by atoms with Crippen LogP contribution in [0.25, 0.3) is 11.3 Å². The van der Waals surface area contributed by atoms with E-state index in [-0.39, 0.29) is 0 Å². The van der Waals surface area contributed by atoms with Gasteiger partial charge in [0.05, 0.1) is 19.9 Å². The molecule has 0 fully saturated rings. The molecule has 1 heterocycles. The average molecular weight is 305 g/mol. The molecule has 3 rings (SSSR count). The van der Waals surface area contributed by atoms with Crippen LogP contribution in [0, 0.1) is 0 Å². The summed E-state index contributed by atoms with van der Waals surface area (Å²) in [7, 11) is 1.67. The van der Waals surface area contributed by atoms with Gasteiger partial charge in [-0.2, -0.15) is 0 Å². The van der Waals surface area contributed by atoms with Crippen LogP contribution in [0.15, 0.2) is 67.4 Å². The maximum Gasteiger partial charge on any atom is 0.128 e. The van der Waals surface area contributed by atoms with Crippen LogP contribution in [0.1, 0.15) is 11.1 Å². The Balaban J connectivity index is 1.90. The van der Waals surface area contributed by atoms with E-state index in [2.05, 4.69) is 35.1 Å². The van der Waals surface area contributed by atoms with E-state index in [1.807, 2.05) is 47.3 Å². The molecular formula is C19H19N3O. The molecule has 4 heteroatoms. The maximum absolute atomic E-state index is 5.46. The first-order valence-electron chi connectivity index (χ1n) is 7.52. The van der Waals surface area contributed by atoms with Crippen LogP contribution < -0.4 is 4.74 Å². The molecular weight excluding hydrogens is 286 g/mol. The second-order valence-corrected chi connectivity index (χ2v) is 5.31. The van der Waals surface area contributed by atoms with Gasteiger partial charge in [-0.25, -0.2) is 4.68 Å². The van der Waals surface area contributed by atoms with Gasteiger partial charge in [-0.15, -0.1) is 11.7 Å². The summed E-state index contributed by atoms with van der Waals surface area (Å²) >= 11 is 0. The van der Waals surface area contributed by atoms with Gasteiger partial charge in [0.25, 0.3) is 0 Å². The van der Waals surface area contributed by atoms with E-state index >= 15 is 0 Å². The Morgan fingerprint density at radius 1 is 1.13 bits per heavy atom. The molecule has 0 amide bonds. The molecule has 0 saturated heterocycles. The normalized spacial score (nSPS) is 10.5. The van der Waals surface area contributed by atoms with Crippen molar-refractivity contribution >= 4 is 0 Å². The third-order valence-corrected chi connectivity index (χ3v) is 3.65. The third-order valence-electron chi connectivity index (χ3n) is 3.65. The highest BCUT2D eigenvalue weighted by Crippen LogP contribution is 2.29. The summed E-state index contributed by atoms with van der Waals surface area (Å²) in [6.45, 7) is 4.49. The summed E-state index contributed by atoms with van der Waals surface area (Å²) in [5, 5.41) is 8.53. The first-order valence-corrected chi connectivity index (χ1v) is 7.52. The van der Waals surface area contributed by atoms with Crippen molar-refractivity contribution in [3.63, 3.8) is 0 Å². The number of benzene rings is 2. The van der Waals surface area contributed by atoms with Crippen LogP contribution >= 0.6 is 0 Å². The van der Waals surface area contributed by atoms with E-state index in [0.29, 0.717) is 6.54 Å². The summed E-state index contributed by atoms with van der Waals surface area (Å²) in [6.07, 6.45) is 4.65. The molecule has 2 aromatic carbocycles. The van der Waals surface area contributed by atoms with Crippen LogP contribution in [0.3, 0.4) is 0 Å². The predicted octanol–water partition coefficient (Wildman–Crippen LogP) is 3.73. The molecule has 0 aliphatic rings. The number of ether oxygens (including phenoxy) is 1. The van der Waals surface area contributed by atoms with E-state index in [9.17, 15) is 0 Å². The van der Waals surface area contributed by atoms with Crippen molar-refractivity contribution in [2.45, 2.75) is 13.0 Å². The number of aromatic nitrogens is 3. The molecule has 0 bridgehead atoms. The number of rotatable bonds is 6. The van der Waals surface area contributed by atoms with Gasteiger partial charge in [-0.3, -0.25) is 0 Å². The molecule has 0 N–H and O–H groups in total. The topological polar surface area (TPSA) is 39.9 Å². The van der Waals surface area contributed by atoms with Crippen molar-refractivity contribution in [1.82, 2.24) is 15.0 Å². The lowest BCUT2D eigenvalue weighted by Gasteiger charge is -2.07. The molecule has 0 radical (unpaired) electrons. The van der Waals surface area contributed by atoms with Crippen LogP contribution in [-0.4, -0.2) is 22.1 Å². The highest BCUT2D eigenvalue weighted by Gasteiger charge is 2.11. The monoisotopic (exact) mass is 305 g/mol. The van der Waals surface area contributed by atoms with Gasteiger partial charge in [0.2, 0.25) is 0 Å². The van der Waals surface area contributed by atoms with Gasteiger partial charge in [-0.1, -0.05) is 47.7 Å². The molecule has 1 aromatic heterocycles. The Bertz CT molecular complexity index is 793. The van der Waals surface area contributed by atoms with Gasteiger partial charge >= 0.3 is 0 Å². The fourth-order valence-electron chi connectivity index (χ4n) is 2.52. The Morgan fingerprint density at radius 3 is 2.70 bits per heavy atom. The second kappa shape index (κ2) is 6.92. The van der Waals surface area contributed by atoms with Crippen molar-refractivity contribution in [3.8, 4) is 17.0 Å². The minimum Gasteiger partial charge on any atom is -0.496 e. The van der Waals surface area contributed by atoms with Crippen molar-refractivity contribution in [2.24, 2.45) is 0 Å². The van der Waals surface area contributed by atoms with Gasteiger partial charge in [0.1, 0.15) is 11.4 Å². The Kier molecular flexibility index (Phi) is 4.52. The Morgan fingerprint density at radius 2 is 1.96 bits per heavy atom. The zero-order chi connectivity index (χ0) is 16.1. The molecule has 0 saturated carbocycles. The summed E-state index contributed by atoms with van der Waals surface area (Å²) in [6, 6.07) is 16.3. The van der Waals surface area contributed by atoms with Gasteiger partial charge in [0.15, 0.2) is 0 Å². The smallest absolute Gasteiger partial charge is 0.128 e. The largest absolute Gasteiger partial charge is 0.496 e. The third kappa shape index (κ3) is 3.48. The lowest BCUT2D eigenvalue weighted by atomic mass is 10.1. The van der Waals surface area contributed by atoms with E-state index < -0.39 is 0 Å². The summed E-state index contributed by atoms with van der Waals surface area (Å²) in [4.78, 5) is 0. The van der Waals surface area contributed by atoms with Crippen LogP contribution in [0.2, 0.25) is 0 Å². The second-order valence-electron chi connectivity index (χ2n) is 5.31. The summed E-state index contributed by atoms with van der Waals surface area (Å²) < 4.78 is 7.30. The lowest BCUT2D eigenvalue weighted by Crippen LogP contribution is -1.99. The van der Waals surface area contributed by atoms with Gasteiger partial charge in [0, 0.05) is 5.56 Å². The van der Waals surface area contributed by atoms with Crippen molar-refractivity contribution in [3.05, 3.63) is 78.5 Å². The highest BCUT2D eigenvalue weighted by molar-refractivity contribution is 5.67. The molecule has 23 heavy (non-hydrogen) atoms. The van der Waals surface area contributed by atoms with Crippen LogP contribution in [-0.2, 0) is 13.0 Å². The molecule has 3 aromatic rings. The van der Waals surface area contributed by atoms with E-state index in [1.165, 1.54) is 11.1 Å². The average Bonchev–Trinajstić information content (AvgIpc) is 3.04. The number of nitrogens with zero attached hydrogens (tertiary/aromatic N) is 3. The van der Waals surface area contributed by atoms with Gasteiger partial charge < -0.3 is 4.74 Å². The number of hydrogen-bond acceptors (Lipinski definition) is 3. The Labute approximate surface area is 136 Å². The van der Waals surface area contributed by atoms with E-state index in [0.717, 1.165) is 23.4 Å². The molecule has 0 unspecified atom stereocenters. The molecule has 4 nitrogen and oxygen atoms in total. The minimum absolute atomic E-state index is 0.697. The molecule has 116 valence electrons. The fraction of sp³-hybridized carbons (Fsp3) is 0.158. The van der Waals surface area contributed by atoms with Crippen molar-refractivity contribution in [2.75, 3.05) is 7.11 Å². The van der Waals surface area contributed by atoms with E-state index in [4.69, 9.17) is 4.74 Å². The fourth-order valence-corrected chi connectivity index (χ4v) is 2.52. The molecule has 0 aliphatic heterocycles. The number of allylic oxidation sites excluding steroid dienone is 1. The van der Waals surface area contributed by atoms with Crippen molar-refractivity contribution < 1.29 is 4.74 Å². The lowest BCUT2D eigenvalue weighted by molar-refractivity contribution is 0.416. The van der Waals surface area contributed by atoms with Crippen molar-refractivity contribution in [1.29, 1.82) is 0 Å². The minimum atomic E-state index is 0.697. The zero-order valence-electron chi connectivity index (χ0n) is 13.1. The Hall–Kier alpha value is -2.88. The summed E-state index contributed by atoms with van der Waals surface area (Å²) in [5.41, 5.74) is 4.12. The first-order chi connectivity index (χ1) is 11.3. The number of methoxy groups -OCH3 is 1. The molecule has 0 aliphatic carbocycles. The maximum atomic E-state index is 5.46. The van der Waals surface area contributed by atoms with Crippen LogP contribution in [0.4, 0.5) is 0 Å². The zero-order valence-corrected chi connectivity index (χ0v) is 13.1. The highest BCUT2D eigenvalue weighted by atomic mass is 16.5. The summed E-state index contributed by atoms with van der Waals surface area (Å²) in [5.74, 6) is 0.796. The first kappa shape index (κ1) is 15.0. The predicted molar refractivity (Wildman–Crippen MR) is 91.5 cm³/mol. The SMILES string of the molecule is C=CCc1ccc(OC)c(-c2cn(Cc3ccccc3)nn2)c1. The van der Waals surface area contributed by atoms with Crippen LogP contribution in [0.5, 0.6) is 5.75 Å². The quantitative estimate of drug-likeness (QED) is 0.651. The van der Waals surface area contributed by atoms with Gasteiger partial charge in [-0.05, 0) is 29.7 Å².